The summed E-state index contributed by atoms with van der Waals surface area (Å²) in [7, 11) is 1.44. The molecule has 160 valence electrons. The van der Waals surface area contributed by atoms with Gasteiger partial charge < -0.3 is 14.6 Å². The van der Waals surface area contributed by atoms with Crippen molar-refractivity contribution < 1.29 is 28.6 Å². The number of benzene rings is 1. The lowest BCUT2D eigenvalue weighted by atomic mass is 9.88. The molecule has 7 nitrogen and oxygen atoms in total. The van der Waals surface area contributed by atoms with Crippen LogP contribution in [-0.2, 0) is 23.5 Å². The van der Waals surface area contributed by atoms with Crippen molar-refractivity contribution in [3.05, 3.63) is 35.6 Å². The van der Waals surface area contributed by atoms with Crippen LogP contribution in [0.4, 0.5) is 0 Å². The Morgan fingerprint density at radius 3 is 2.48 bits per heavy atom. The summed E-state index contributed by atoms with van der Waals surface area (Å²) in [6.07, 6.45) is 0.506. The SMILES string of the molecule is CC[C@]1(C)OC(=N[C@@H](CS)C(=O)O)C(OC(C)C)=C1c1ccc(SOOC)cc1. The predicted octanol–water partition coefficient (Wildman–Crippen LogP) is 4.39. The van der Waals surface area contributed by atoms with Gasteiger partial charge >= 0.3 is 5.97 Å². The highest BCUT2D eigenvalue weighted by Gasteiger charge is 2.44. The van der Waals surface area contributed by atoms with Crippen LogP contribution in [0, 0.1) is 0 Å². The van der Waals surface area contributed by atoms with Gasteiger partial charge in [0, 0.05) is 10.6 Å². The zero-order chi connectivity index (χ0) is 21.6. The summed E-state index contributed by atoms with van der Waals surface area (Å²) in [5, 5.41) is 9.38. The number of carboxylic acid groups (broad SMARTS) is 1. The Bertz CT molecular complexity index is 778. The van der Waals surface area contributed by atoms with E-state index in [1.54, 1.807) is 0 Å². The van der Waals surface area contributed by atoms with E-state index in [-0.39, 0.29) is 17.8 Å². The molecule has 1 aliphatic heterocycles. The van der Waals surface area contributed by atoms with Gasteiger partial charge in [-0.15, -0.1) is 0 Å². The molecule has 0 radical (unpaired) electrons. The van der Waals surface area contributed by atoms with Crippen molar-refractivity contribution in [2.45, 2.75) is 56.8 Å². The first-order valence-corrected chi connectivity index (χ1v) is 10.6. The van der Waals surface area contributed by atoms with E-state index >= 15 is 0 Å². The Labute approximate surface area is 181 Å². The molecule has 2 rings (SSSR count). The number of hydrogen-bond acceptors (Lipinski definition) is 8. The Balaban J connectivity index is 2.57. The highest BCUT2D eigenvalue weighted by atomic mass is 32.2. The number of nitrogens with zero attached hydrogens (tertiary/aromatic N) is 1. The Kier molecular flexibility index (Phi) is 8.45. The van der Waals surface area contributed by atoms with Crippen LogP contribution in [0.15, 0.2) is 39.9 Å². The van der Waals surface area contributed by atoms with Crippen LogP contribution in [0.1, 0.15) is 39.7 Å². The van der Waals surface area contributed by atoms with Crippen LogP contribution >= 0.6 is 24.7 Å². The maximum atomic E-state index is 11.5. The van der Waals surface area contributed by atoms with Gasteiger partial charge in [-0.3, -0.25) is 0 Å². The van der Waals surface area contributed by atoms with Crippen molar-refractivity contribution in [3.63, 3.8) is 0 Å². The standard InChI is InChI=1S/C20H27NO6S2/c1-6-20(4)16(13-7-9-14(10-8-13)29-27-24-5)17(25-12(2)3)18(26-20)21-15(11-28)19(22)23/h7-10,12,15,28H,6,11H2,1-5H3,(H,22,23)/t15-,20-/m0/s1. The normalized spacial score (nSPS) is 21.6. The van der Waals surface area contributed by atoms with E-state index in [4.69, 9.17) is 13.8 Å². The summed E-state index contributed by atoms with van der Waals surface area (Å²) in [5.74, 6) is -0.349. The van der Waals surface area contributed by atoms with Gasteiger partial charge in [-0.2, -0.15) is 17.0 Å². The second-order valence-corrected chi connectivity index (χ2v) is 8.01. The molecule has 0 amide bonds. The lowest BCUT2D eigenvalue weighted by molar-refractivity contribution is -0.160. The number of carbonyl (C=O) groups is 1. The summed E-state index contributed by atoms with van der Waals surface area (Å²) in [4.78, 5) is 21.2. The quantitative estimate of drug-likeness (QED) is 0.241. The number of carboxylic acids is 1. The average Bonchev–Trinajstić information content (AvgIpc) is 2.96. The van der Waals surface area contributed by atoms with Gasteiger partial charge in [0.15, 0.2) is 11.8 Å². The maximum absolute atomic E-state index is 11.5. The molecule has 0 aliphatic carbocycles. The fourth-order valence-electron chi connectivity index (χ4n) is 2.84. The second-order valence-electron chi connectivity index (χ2n) is 6.87. The third kappa shape index (κ3) is 5.69. The molecule has 1 heterocycles. The molecule has 0 bridgehead atoms. The van der Waals surface area contributed by atoms with Crippen molar-refractivity contribution in [3.8, 4) is 0 Å². The molecule has 1 aliphatic rings. The Morgan fingerprint density at radius 1 is 1.34 bits per heavy atom. The molecule has 0 saturated heterocycles. The molecule has 2 atom stereocenters. The molecule has 0 spiro atoms. The highest BCUT2D eigenvalue weighted by Crippen LogP contribution is 2.43. The highest BCUT2D eigenvalue weighted by molar-refractivity contribution is 7.94. The number of ether oxygens (including phenoxy) is 2. The smallest absolute Gasteiger partial charge is 0.329 e. The molecule has 1 aromatic rings. The largest absolute Gasteiger partial charge is 0.485 e. The molecule has 0 aromatic heterocycles. The Morgan fingerprint density at radius 2 is 2.00 bits per heavy atom. The van der Waals surface area contributed by atoms with Crippen LogP contribution in [0.25, 0.3) is 5.57 Å². The van der Waals surface area contributed by atoms with Crippen LogP contribution in [-0.4, -0.2) is 47.6 Å². The molecule has 9 heteroatoms. The van der Waals surface area contributed by atoms with Gasteiger partial charge in [0.1, 0.15) is 5.60 Å². The zero-order valence-corrected chi connectivity index (χ0v) is 18.9. The summed E-state index contributed by atoms with van der Waals surface area (Å²) in [6, 6.07) is 6.65. The predicted molar refractivity (Wildman–Crippen MR) is 116 cm³/mol. The Hall–Kier alpha value is -1.68. The summed E-state index contributed by atoms with van der Waals surface area (Å²) in [5.41, 5.74) is 1.02. The summed E-state index contributed by atoms with van der Waals surface area (Å²) >= 11 is 5.21. The van der Waals surface area contributed by atoms with Crippen molar-refractivity contribution >= 4 is 42.1 Å². The van der Waals surface area contributed by atoms with E-state index in [9.17, 15) is 9.90 Å². The van der Waals surface area contributed by atoms with Crippen LogP contribution in [0.3, 0.4) is 0 Å². The lowest BCUT2D eigenvalue weighted by Gasteiger charge is -2.25. The second kappa shape index (κ2) is 10.4. The fraction of sp³-hybridized carbons (Fsp3) is 0.500. The first kappa shape index (κ1) is 23.6. The summed E-state index contributed by atoms with van der Waals surface area (Å²) in [6.45, 7) is 7.75. The number of rotatable bonds is 10. The van der Waals surface area contributed by atoms with Gasteiger partial charge in [0.25, 0.3) is 5.90 Å². The van der Waals surface area contributed by atoms with E-state index in [2.05, 4.69) is 22.5 Å². The summed E-state index contributed by atoms with van der Waals surface area (Å²) < 4.78 is 17.1. The van der Waals surface area contributed by atoms with Gasteiger partial charge in [0.05, 0.1) is 30.8 Å². The topological polar surface area (TPSA) is 86.6 Å². The first-order valence-electron chi connectivity index (χ1n) is 9.25. The van der Waals surface area contributed by atoms with Crippen LogP contribution < -0.4 is 0 Å². The third-order valence-electron chi connectivity index (χ3n) is 4.37. The average molecular weight is 442 g/mol. The van der Waals surface area contributed by atoms with E-state index < -0.39 is 17.6 Å². The van der Waals surface area contributed by atoms with Gasteiger partial charge in [-0.1, -0.05) is 19.1 Å². The number of aliphatic imine (C=N–C) groups is 1. The molecule has 1 aromatic carbocycles. The molecule has 1 N–H and O–H groups in total. The van der Waals surface area contributed by atoms with Gasteiger partial charge in [-0.05, 0) is 44.9 Å². The van der Waals surface area contributed by atoms with E-state index in [0.29, 0.717) is 12.2 Å². The molecular formula is C20H27NO6S2. The molecule has 0 unspecified atom stereocenters. The monoisotopic (exact) mass is 441 g/mol. The number of hydrogen-bond donors (Lipinski definition) is 2. The minimum Gasteiger partial charge on any atom is -0.485 e. The number of aliphatic carboxylic acids is 1. The lowest BCUT2D eigenvalue weighted by Crippen LogP contribution is -2.28. The van der Waals surface area contributed by atoms with Crippen molar-refractivity contribution in [1.82, 2.24) is 0 Å². The van der Waals surface area contributed by atoms with Crippen molar-refractivity contribution in [1.29, 1.82) is 0 Å². The van der Waals surface area contributed by atoms with Crippen molar-refractivity contribution in [2.24, 2.45) is 4.99 Å². The van der Waals surface area contributed by atoms with Crippen LogP contribution in [0.2, 0.25) is 0 Å². The number of thiol groups is 1. The van der Waals surface area contributed by atoms with E-state index in [0.717, 1.165) is 28.1 Å². The zero-order valence-electron chi connectivity index (χ0n) is 17.2. The fourth-order valence-corrected chi connectivity index (χ4v) is 3.47. The molecule has 29 heavy (non-hydrogen) atoms. The minimum absolute atomic E-state index is 0.0563. The van der Waals surface area contributed by atoms with Gasteiger partial charge in [0.2, 0.25) is 0 Å². The molecule has 0 saturated carbocycles. The third-order valence-corrected chi connectivity index (χ3v) is 5.39. The first-order chi connectivity index (χ1) is 13.8. The minimum atomic E-state index is -1.06. The molecular weight excluding hydrogens is 414 g/mol. The van der Waals surface area contributed by atoms with Gasteiger partial charge in [-0.25, -0.2) is 14.7 Å². The van der Waals surface area contributed by atoms with E-state index in [1.165, 1.54) is 7.11 Å². The molecule has 0 fully saturated rings. The van der Waals surface area contributed by atoms with Crippen LogP contribution in [0.5, 0.6) is 0 Å². The maximum Gasteiger partial charge on any atom is 0.329 e. The van der Waals surface area contributed by atoms with E-state index in [1.807, 2.05) is 52.0 Å². The van der Waals surface area contributed by atoms with Crippen molar-refractivity contribution in [2.75, 3.05) is 12.9 Å².